The van der Waals surface area contributed by atoms with Crippen LogP contribution in [0.1, 0.15) is 31.1 Å². The van der Waals surface area contributed by atoms with Crippen LogP contribution in [0.5, 0.6) is 5.75 Å². The van der Waals surface area contributed by atoms with Crippen molar-refractivity contribution in [3.8, 4) is 5.75 Å². The number of hydrogen-bond donors (Lipinski definition) is 2. The van der Waals surface area contributed by atoms with Gasteiger partial charge in [0.05, 0.1) is 11.3 Å². The molecule has 3 rings (SSSR count). The summed E-state index contributed by atoms with van der Waals surface area (Å²) in [6, 6.07) is 20.6. The molecule has 3 aromatic rings. The van der Waals surface area contributed by atoms with E-state index in [2.05, 4.69) is 10.6 Å². The van der Waals surface area contributed by atoms with E-state index in [4.69, 9.17) is 4.74 Å². The average Bonchev–Trinajstić information content (AvgIpc) is 2.72. The van der Waals surface area contributed by atoms with E-state index in [1.807, 2.05) is 56.3 Å². The molecule has 0 heterocycles. The minimum absolute atomic E-state index is 0.211. The second-order valence-electron chi connectivity index (χ2n) is 7.38. The Kier molecular flexibility index (Phi) is 6.50. The van der Waals surface area contributed by atoms with E-state index in [-0.39, 0.29) is 11.8 Å². The van der Waals surface area contributed by atoms with Gasteiger partial charge in [-0.05, 0) is 36.4 Å². The summed E-state index contributed by atoms with van der Waals surface area (Å²) in [6.07, 6.45) is -0.729. The van der Waals surface area contributed by atoms with Gasteiger partial charge in [-0.3, -0.25) is 9.59 Å². The molecule has 2 amide bonds. The Balaban J connectivity index is 1.72. The fraction of sp³-hybridized carbons (Fsp3) is 0.250. The van der Waals surface area contributed by atoms with E-state index in [0.717, 1.165) is 10.8 Å². The molecule has 1 atom stereocenters. The van der Waals surface area contributed by atoms with Crippen molar-refractivity contribution in [2.75, 3.05) is 11.9 Å². The minimum atomic E-state index is -0.729. The number of amides is 2. The van der Waals surface area contributed by atoms with Crippen molar-refractivity contribution in [1.29, 1.82) is 0 Å². The molecule has 29 heavy (non-hydrogen) atoms. The summed E-state index contributed by atoms with van der Waals surface area (Å²) in [5.74, 6) is 0.461. The van der Waals surface area contributed by atoms with Crippen LogP contribution in [0.2, 0.25) is 0 Å². The van der Waals surface area contributed by atoms with Crippen molar-refractivity contribution in [3.05, 3.63) is 72.3 Å². The lowest BCUT2D eigenvalue weighted by Gasteiger charge is -2.17. The first kappa shape index (κ1) is 20.4. The van der Waals surface area contributed by atoms with Gasteiger partial charge in [0.25, 0.3) is 11.8 Å². The number of carbonyl (C=O) groups excluding carboxylic acids is 2. The molecule has 3 aromatic carbocycles. The standard InChI is InChI=1S/C24H26N2O3/c1-16(2)15-25-24(28)20-12-6-7-13-21(20)26-23(27)17(3)29-22-14-8-10-18-9-4-5-11-19(18)22/h4-14,16-17H,15H2,1-3H3,(H,25,28)(H,26,27)/t17-/m1/s1. The fourth-order valence-electron chi connectivity index (χ4n) is 2.96. The van der Waals surface area contributed by atoms with Crippen molar-refractivity contribution in [2.24, 2.45) is 5.92 Å². The maximum absolute atomic E-state index is 12.7. The fourth-order valence-corrected chi connectivity index (χ4v) is 2.96. The van der Waals surface area contributed by atoms with Gasteiger partial charge in [0, 0.05) is 11.9 Å². The van der Waals surface area contributed by atoms with Crippen LogP contribution < -0.4 is 15.4 Å². The Hall–Kier alpha value is -3.34. The molecule has 5 nitrogen and oxygen atoms in total. The van der Waals surface area contributed by atoms with Gasteiger partial charge in [0.2, 0.25) is 0 Å². The first-order chi connectivity index (χ1) is 14.0. The van der Waals surface area contributed by atoms with Crippen molar-refractivity contribution in [3.63, 3.8) is 0 Å². The van der Waals surface area contributed by atoms with E-state index in [1.165, 1.54) is 0 Å². The topological polar surface area (TPSA) is 67.4 Å². The zero-order chi connectivity index (χ0) is 20.8. The molecule has 0 aliphatic heterocycles. The van der Waals surface area contributed by atoms with E-state index in [0.29, 0.717) is 29.5 Å². The average molecular weight is 390 g/mol. The molecule has 0 radical (unpaired) electrons. The third-order valence-electron chi connectivity index (χ3n) is 4.52. The highest BCUT2D eigenvalue weighted by molar-refractivity contribution is 6.04. The molecule has 0 bridgehead atoms. The summed E-state index contributed by atoms with van der Waals surface area (Å²) in [6.45, 7) is 6.32. The maximum Gasteiger partial charge on any atom is 0.265 e. The quantitative estimate of drug-likeness (QED) is 0.618. The van der Waals surface area contributed by atoms with Crippen molar-refractivity contribution >= 4 is 28.3 Å². The summed E-state index contributed by atoms with van der Waals surface area (Å²) >= 11 is 0. The maximum atomic E-state index is 12.7. The van der Waals surface area contributed by atoms with Crippen LogP contribution in [0, 0.1) is 5.92 Å². The molecule has 0 saturated carbocycles. The minimum Gasteiger partial charge on any atom is -0.480 e. The molecular weight excluding hydrogens is 364 g/mol. The Bertz CT molecular complexity index is 1010. The van der Waals surface area contributed by atoms with Crippen molar-refractivity contribution in [2.45, 2.75) is 26.9 Å². The molecule has 0 aliphatic rings. The van der Waals surface area contributed by atoms with Crippen LogP contribution >= 0.6 is 0 Å². The van der Waals surface area contributed by atoms with Gasteiger partial charge < -0.3 is 15.4 Å². The highest BCUT2D eigenvalue weighted by atomic mass is 16.5. The second-order valence-corrected chi connectivity index (χ2v) is 7.38. The summed E-state index contributed by atoms with van der Waals surface area (Å²) in [4.78, 5) is 25.2. The third-order valence-corrected chi connectivity index (χ3v) is 4.52. The lowest BCUT2D eigenvalue weighted by atomic mass is 10.1. The van der Waals surface area contributed by atoms with Crippen LogP contribution in [0.15, 0.2) is 66.7 Å². The number of ether oxygens (including phenoxy) is 1. The monoisotopic (exact) mass is 390 g/mol. The Morgan fingerprint density at radius 2 is 1.59 bits per heavy atom. The van der Waals surface area contributed by atoms with Gasteiger partial charge in [-0.2, -0.15) is 0 Å². The van der Waals surface area contributed by atoms with Gasteiger partial charge in [-0.15, -0.1) is 0 Å². The highest BCUT2D eigenvalue weighted by Crippen LogP contribution is 2.26. The number of carbonyl (C=O) groups is 2. The Morgan fingerprint density at radius 3 is 2.38 bits per heavy atom. The molecule has 0 aliphatic carbocycles. The summed E-state index contributed by atoms with van der Waals surface area (Å²) in [5.41, 5.74) is 0.894. The molecule has 0 fully saturated rings. The summed E-state index contributed by atoms with van der Waals surface area (Å²) < 4.78 is 5.93. The number of rotatable bonds is 7. The smallest absolute Gasteiger partial charge is 0.265 e. The highest BCUT2D eigenvalue weighted by Gasteiger charge is 2.19. The van der Waals surface area contributed by atoms with Crippen molar-refractivity contribution in [1.82, 2.24) is 5.32 Å². The van der Waals surface area contributed by atoms with Gasteiger partial charge >= 0.3 is 0 Å². The zero-order valence-corrected chi connectivity index (χ0v) is 16.9. The Morgan fingerprint density at radius 1 is 0.897 bits per heavy atom. The van der Waals surface area contributed by atoms with Crippen molar-refractivity contribution < 1.29 is 14.3 Å². The molecule has 5 heteroatoms. The van der Waals surface area contributed by atoms with E-state index in [9.17, 15) is 9.59 Å². The van der Waals surface area contributed by atoms with Gasteiger partial charge in [-0.1, -0.05) is 62.4 Å². The first-order valence-electron chi connectivity index (χ1n) is 9.78. The lowest BCUT2D eigenvalue weighted by molar-refractivity contribution is -0.122. The summed E-state index contributed by atoms with van der Waals surface area (Å²) in [7, 11) is 0. The third kappa shape index (κ3) is 5.13. The van der Waals surface area contributed by atoms with Gasteiger partial charge in [-0.25, -0.2) is 0 Å². The van der Waals surface area contributed by atoms with E-state index >= 15 is 0 Å². The molecule has 0 aromatic heterocycles. The second kappa shape index (κ2) is 9.24. The number of hydrogen-bond acceptors (Lipinski definition) is 3. The SMILES string of the molecule is CC(C)CNC(=O)c1ccccc1NC(=O)[C@@H](C)Oc1cccc2ccccc12. The normalized spacial score (nSPS) is 11.9. The van der Waals surface area contributed by atoms with Crippen LogP contribution in [0.4, 0.5) is 5.69 Å². The lowest BCUT2D eigenvalue weighted by Crippen LogP contribution is -2.32. The summed E-state index contributed by atoms with van der Waals surface area (Å²) in [5, 5.41) is 7.70. The molecule has 150 valence electrons. The van der Waals surface area contributed by atoms with Crippen LogP contribution in [-0.4, -0.2) is 24.5 Å². The molecule has 0 unspecified atom stereocenters. The zero-order valence-electron chi connectivity index (χ0n) is 16.9. The molecule has 0 saturated heterocycles. The van der Waals surface area contributed by atoms with Crippen LogP contribution in [0.3, 0.4) is 0 Å². The van der Waals surface area contributed by atoms with E-state index < -0.39 is 6.10 Å². The van der Waals surface area contributed by atoms with Crippen LogP contribution in [-0.2, 0) is 4.79 Å². The number of nitrogens with one attached hydrogen (secondary N) is 2. The Labute approximate surface area is 171 Å². The molecular formula is C24H26N2O3. The predicted octanol–water partition coefficient (Wildman–Crippen LogP) is 4.63. The number of fused-ring (bicyclic) bond motifs is 1. The van der Waals surface area contributed by atoms with Gasteiger partial charge in [0.15, 0.2) is 6.10 Å². The number of anilines is 1. The molecule has 0 spiro atoms. The largest absolute Gasteiger partial charge is 0.480 e. The van der Waals surface area contributed by atoms with E-state index in [1.54, 1.807) is 31.2 Å². The first-order valence-corrected chi connectivity index (χ1v) is 9.78. The molecule has 2 N–H and O–H groups in total. The van der Waals surface area contributed by atoms with Gasteiger partial charge in [0.1, 0.15) is 5.75 Å². The van der Waals surface area contributed by atoms with Crippen LogP contribution in [0.25, 0.3) is 10.8 Å². The number of benzene rings is 3. The predicted molar refractivity (Wildman–Crippen MR) is 116 cm³/mol. The number of para-hydroxylation sites is 1.